The van der Waals surface area contributed by atoms with Crippen LogP contribution in [0.4, 0.5) is 5.69 Å². The highest BCUT2D eigenvalue weighted by Gasteiger charge is 2.21. The average molecular weight is 311 g/mol. The fourth-order valence-electron chi connectivity index (χ4n) is 2.40. The number of carbonyl (C=O) groups excluding carboxylic acids is 2. The van der Waals surface area contributed by atoms with Crippen LogP contribution >= 0.6 is 0 Å². The molecule has 1 N–H and O–H groups in total. The summed E-state index contributed by atoms with van der Waals surface area (Å²) in [5.41, 5.74) is 1.26. The molecule has 0 radical (unpaired) electrons. The van der Waals surface area contributed by atoms with E-state index in [1.807, 2.05) is 0 Å². The molecular formula is C17H17N3O3. The van der Waals surface area contributed by atoms with Crippen molar-refractivity contribution in [3.8, 4) is 0 Å². The van der Waals surface area contributed by atoms with Gasteiger partial charge in [-0.25, -0.2) is 0 Å². The number of rotatable bonds is 3. The molecule has 0 bridgehead atoms. The van der Waals surface area contributed by atoms with Gasteiger partial charge in [0, 0.05) is 19.3 Å². The van der Waals surface area contributed by atoms with E-state index in [0.29, 0.717) is 43.2 Å². The van der Waals surface area contributed by atoms with Crippen LogP contribution in [0.5, 0.6) is 0 Å². The first-order valence-electron chi connectivity index (χ1n) is 7.44. The van der Waals surface area contributed by atoms with Crippen molar-refractivity contribution in [2.75, 3.05) is 31.6 Å². The minimum Gasteiger partial charge on any atom is -0.378 e. The van der Waals surface area contributed by atoms with Gasteiger partial charge in [0.25, 0.3) is 11.8 Å². The summed E-state index contributed by atoms with van der Waals surface area (Å²) in [6.45, 7) is 2.19. The topological polar surface area (TPSA) is 71.5 Å². The summed E-state index contributed by atoms with van der Waals surface area (Å²) < 4.78 is 5.27. The Morgan fingerprint density at radius 1 is 1.04 bits per heavy atom. The molecule has 1 aliphatic heterocycles. The first-order chi connectivity index (χ1) is 11.3. The number of morpholine rings is 1. The number of amides is 2. The van der Waals surface area contributed by atoms with Gasteiger partial charge < -0.3 is 15.0 Å². The second-order valence-corrected chi connectivity index (χ2v) is 5.12. The Balaban J connectivity index is 1.80. The number of ether oxygens (including phenoxy) is 1. The normalized spacial score (nSPS) is 14.3. The lowest BCUT2D eigenvalue weighted by Crippen LogP contribution is -2.41. The van der Waals surface area contributed by atoms with Crippen LogP contribution < -0.4 is 5.32 Å². The summed E-state index contributed by atoms with van der Waals surface area (Å²) in [4.78, 5) is 30.6. The number of anilines is 1. The van der Waals surface area contributed by atoms with Crippen LogP contribution in [0.25, 0.3) is 0 Å². The smallest absolute Gasteiger partial charge is 0.274 e. The van der Waals surface area contributed by atoms with Gasteiger partial charge in [-0.1, -0.05) is 18.2 Å². The predicted octanol–water partition coefficient (Wildman–Crippen LogP) is 1.81. The Kier molecular flexibility index (Phi) is 4.63. The summed E-state index contributed by atoms with van der Waals surface area (Å²) in [7, 11) is 0. The zero-order valence-electron chi connectivity index (χ0n) is 12.6. The Morgan fingerprint density at radius 2 is 1.78 bits per heavy atom. The van der Waals surface area contributed by atoms with Crippen LogP contribution in [0, 0.1) is 0 Å². The molecule has 3 rings (SSSR count). The molecular weight excluding hydrogens is 294 g/mol. The van der Waals surface area contributed by atoms with E-state index < -0.39 is 0 Å². The number of hydrogen-bond acceptors (Lipinski definition) is 4. The molecule has 1 fully saturated rings. The molecule has 1 aliphatic rings. The molecule has 0 unspecified atom stereocenters. The number of nitrogens with one attached hydrogen (secondary N) is 1. The van der Waals surface area contributed by atoms with Crippen LogP contribution in [0.3, 0.4) is 0 Å². The minimum absolute atomic E-state index is 0.106. The van der Waals surface area contributed by atoms with Crippen molar-refractivity contribution in [1.82, 2.24) is 9.88 Å². The van der Waals surface area contributed by atoms with Gasteiger partial charge in [-0.15, -0.1) is 0 Å². The van der Waals surface area contributed by atoms with Gasteiger partial charge in [0.1, 0.15) is 5.69 Å². The molecule has 2 aromatic rings. The number of pyridine rings is 1. The standard InChI is InChI=1S/C17H17N3O3/c21-16(15-7-3-4-8-18-15)19-14-6-2-1-5-13(14)17(22)20-9-11-23-12-10-20/h1-8H,9-12H2,(H,19,21). The Hall–Kier alpha value is -2.73. The first kappa shape index (κ1) is 15.2. The van der Waals surface area contributed by atoms with Crippen molar-refractivity contribution in [2.24, 2.45) is 0 Å². The molecule has 1 saturated heterocycles. The number of carbonyl (C=O) groups is 2. The van der Waals surface area contributed by atoms with Gasteiger partial charge in [-0.05, 0) is 24.3 Å². The summed E-state index contributed by atoms with van der Waals surface area (Å²) in [6.07, 6.45) is 1.56. The van der Waals surface area contributed by atoms with E-state index in [9.17, 15) is 9.59 Å². The maximum Gasteiger partial charge on any atom is 0.274 e. The van der Waals surface area contributed by atoms with Crippen molar-refractivity contribution in [3.05, 3.63) is 59.9 Å². The number of nitrogens with zero attached hydrogens (tertiary/aromatic N) is 2. The molecule has 6 heteroatoms. The van der Waals surface area contributed by atoms with Crippen molar-refractivity contribution >= 4 is 17.5 Å². The maximum absolute atomic E-state index is 12.6. The van der Waals surface area contributed by atoms with E-state index in [1.165, 1.54) is 0 Å². The van der Waals surface area contributed by atoms with E-state index in [2.05, 4.69) is 10.3 Å². The van der Waals surface area contributed by atoms with Crippen molar-refractivity contribution < 1.29 is 14.3 Å². The third-order valence-corrected chi connectivity index (χ3v) is 3.60. The molecule has 2 heterocycles. The summed E-state index contributed by atoms with van der Waals surface area (Å²) in [6, 6.07) is 12.1. The minimum atomic E-state index is -0.340. The number of aromatic nitrogens is 1. The van der Waals surface area contributed by atoms with E-state index in [-0.39, 0.29) is 11.8 Å². The van der Waals surface area contributed by atoms with Crippen LogP contribution in [0.2, 0.25) is 0 Å². The number of hydrogen-bond donors (Lipinski definition) is 1. The molecule has 0 spiro atoms. The fraction of sp³-hybridized carbons (Fsp3) is 0.235. The summed E-state index contributed by atoms with van der Waals surface area (Å²) in [5, 5.41) is 2.77. The van der Waals surface area contributed by atoms with E-state index in [1.54, 1.807) is 53.6 Å². The molecule has 23 heavy (non-hydrogen) atoms. The zero-order valence-corrected chi connectivity index (χ0v) is 12.6. The van der Waals surface area contributed by atoms with Gasteiger partial charge in [0.15, 0.2) is 0 Å². The SMILES string of the molecule is O=C(Nc1ccccc1C(=O)N1CCOCC1)c1ccccn1. The van der Waals surface area contributed by atoms with Gasteiger partial charge >= 0.3 is 0 Å². The van der Waals surface area contributed by atoms with Gasteiger partial charge in [0.2, 0.25) is 0 Å². The van der Waals surface area contributed by atoms with Crippen LogP contribution in [-0.4, -0.2) is 48.0 Å². The molecule has 0 atom stereocenters. The largest absolute Gasteiger partial charge is 0.378 e. The van der Waals surface area contributed by atoms with E-state index in [0.717, 1.165) is 0 Å². The monoisotopic (exact) mass is 311 g/mol. The number of para-hydroxylation sites is 1. The highest BCUT2D eigenvalue weighted by atomic mass is 16.5. The number of benzene rings is 1. The van der Waals surface area contributed by atoms with Crippen LogP contribution in [0.1, 0.15) is 20.8 Å². The van der Waals surface area contributed by atoms with Crippen LogP contribution in [0.15, 0.2) is 48.7 Å². The molecule has 118 valence electrons. The average Bonchev–Trinajstić information content (AvgIpc) is 2.63. The maximum atomic E-state index is 12.6. The highest BCUT2D eigenvalue weighted by Crippen LogP contribution is 2.18. The van der Waals surface area contributed by atoms with Crippen LogP contribution in [-0.2, 0) is 4.74 Å². The zero-order chi connectivity index (χ0) is 16.1. The quantitative estimate of drug-likeness (QED) is 0.938. The first-order valence-corrected chi connectivity index (χ1v) is 7.44. The lowest BCUT2D eigenvalue weighted by atomic mass is 10.1. The Labute approximate surface area is 134 Å². The van der Waals surface area contributed by atoms with Crippen molar-refractivity contribution in [3.63, 3.8) is 0 Å². The summed E-state index contributed by atoms with van der Waals surface area (Å²) in [5.74, 6) is -0.446. The Morgan fingerprint density at radius 3 is 2.52 bits per heavy atom. The fourth-order valence-corrected chi connectivity index (χ4v) is 2.40. The summed E-state index contributed by atoms with van der Waals surface area (Å²) >= 11 is 0. The molecule has 0 aliphatic carbocycles. The lowest BCUT2D eigenvalue weighted by molar-refractivity contribution is 0.0303. The molecule has 0 saturated carbocycles. The third kappa shape index (κ3) is 3.54. The molecule has 1 aromatic carbocycles. The molecule has 6 nitrogen and oxygen atoms in total. The molecule has 1 aromatic heterocycles. The van der Waals surface area contributed by atoms with Gasteiger partial charge in [0.05, 0.1) is 24.5 Å². The Bertz CT molecular complexity index is 697. The predicted molar refractivity (Wildman–Crippen MR) is 85.4 cm³/mol. The van der Waals surface area contributed by atoms with E-state index in [4.69, 9.17) is 4.74 Å². The van der Waals surface area contributed by atoms with Crippen molar-refractivity contribution in [1.29, 1.82) is 0 Å². The second-order valence-electron chi connectivity index (χ2n) is 5.12. The second kappa shape index (κ2) is 7.02. The van der Waals surface area contributed by atoms with E-state index >= 15 is 0 Å². The lowest BCUT2D eigenvalue weighted by Gasteiger charge is -2.27. The highest BCUT2D eigenvalue weighted by molar-refractivity contribution is 6.08. The van der Waals surface area contributed by atoms with Gasteiger partial charge in [-0.2, -0.15) is 0 Å². The third-order valence-electron chi connectivity index (χ3n) is 3.60. The van der Waals surface area contributed by atoms with Gasteiger partial charge in [-0.3, -0.25) is 14.6 Å². The van der Waals surface area contributed by atoms with Crippen molar-refractivity contribution in [2.45, 2.75) is 0 Å². The molecule has 2 amide bonds.